The monoisotopic (exact) mass is 271 g/mol. The van der Waals surface area contributed by atoms with Crippen LogP contribution in [0.3, 0.4) is 0 Å². The number of rotatable bonds is 2. The number of aromatic carboxylic acids is 1. The van der Waals surface area contributed by atoms with E-state index in [2.05, 4.69) is 13.3 Å². The number of carboxylic acid groups (broad SMARTS) is 1. The van der Waals surface area contributed by atoms with Gasteiger partial charge in [-0.2, -0.15) is 0 Å². The van der Waals surface area contributed by atoms with Crippen molar-refractivity contribution in [2.75, 3.05) is 13.3 Å². The van der Waals surface area contributed by atoms with E-state index in [0.717, 1.165) is 5.30 Å². The van der Waals surface area contributed by atoms with E-state index < -0.39 is 5.97 Å². The van der Waals surface area contributed by atoms with Crippen LogP contribution in [0.5, 0.6) is 0 Å². The summed E-state index contributed by atoms with van der Waals surface area (Å²) in [5, 5.41) is 9.78. The molecule has 0 bridgehead atoms. The van der Waals surface area contributed by atoms with E-state index in [1.54, 1.807) is 12.1 Å². The average Bonchev–Trinajstić information content (AvgIpc) is 2.04. The van der Waals surface area contributed by atoms with Gasteiger partial charge in [0.15, 0.2) is 0 Å². The predicted molar refractivity (Wildman–Crippen MR) is 51.8 cm³/mol. The van der Waals surface area contributed by atoms with Gasteiger partial charge in [-0.25, -0.2) is 4.79 Å². The van der Waals surface area contributed by atoms with Crippen molar-refractivity contribution in [2.45, 2.75) is 0 Å². The summed E-state index contributed by atoms with van der Waals surface area (Å²) >= 11 is 0. The Morgan fingerprint density at radius 2 is 1.85 bits per heavy atom. The van der Waals surface area contributed by atoms with E-state index >= 15 is 0 Å². The molecule has 0 amide bonds. The second-order valence-electron chi connectivity index (χ2n) is 2.72. The molecule has 2 nitrogen and oxygen atoms in total. The zero-order valence-corrected chi connectivity index (χ0v) is 11.4. The molecule has 0 spiro atoms. The smallest absolute Gasteiger partial charge is 0.336 e. The number of carboxylic acids is 1. The van der Waals surface area contributed by atoms with Crippen molar-refractivity contribution in [1.29, 1.82) is 0 Å². The Balaban J connectivity index is 0.00000144. The number of benzene rings is 1. The second-order valence-corrected chi connectivity index (χ2v) is 4.99. The Morgan fingerprint density at radius 3 is 2.23 bits per heavy atom. The van der Waals surface area contributed by atoms with E-state index in [9.17, 15) is 4.79 Å². The van der Waals surface area contributed by atoms with Gasteiger partial charge in [0.05, 0.1) is 5.56 Å². The zero-order chi connectivity index (χ0) is 9.14. The molecule has 0 aliphatic rings. The van der Waals surface area contributed by atoms with Crippen molar-refractivity contribution in [3.8, 4) is 0 Å². The summed E-state index contributed by atoms with van der Waals surface area (Å²) in [5.41, 5.74) is 0.439. The van der Waals surface area contributed by atoms with Gasteiger partial charge in [-0.15, -0.1) is 0 Å². The molecular formula is C9H11O2PY. The maximum atomic E-state index is 10.7. The van der Waals surface area contributed by atoms with E-state index in [1.807, 2.05) is 12.1 Å². The molecule has 0 aliphatic heterocycles. The summed E-state index contributed by atoms with van der Waals surface area (Å²) < 4.78 is 0. The van der Waals surface area contributed by atoms with Crippen LogP contribution in [0.15, 0.2) is 24.3 Å². The molecule has 0 aromatic heterocycles. The number of carbonyl (C=O) groups is 1. The van der Waals surface area contributed by atoms with Crippen LogP contribution in [-0.4, -0.2) is 24.4 Å². The zero-order valence-electron chi connectivity index (χ0n) is 7.69. The van der Waals surface area contributed by atoms with Crippen LogP contribution < -0.4 is 5.30 Å². The van der Waals surface area contributed by atoms with Crippen LogP contribution in [0.1, 0.15) is 10.4 Å². The van der Waals surface area contributed by atoms with Crippen LogP contribution in [0.2, 0.25) is 0 Å². The van der Waals surface area contributed by atoms with Crippen molar-refractivity contribution in [2.24, 2.45) is 0 Å². The fourth-order valence-corrected chi connectivity index (χ4v) is 2.08. The summed E-state index contributed by atoms with van der Waals surface area (Å²) in [4.78, 5) is 10.7. The average molecular weight is 271 g/mol. The summed E-state index contributed by atoms with van der Waals surface area (Å²) in [6, 6.07) is 7.17. The maximum absolute atomic E-state index is 10.7. The van der Waals surface area contributed by atoms with Gasteiger partial charge in [0.1, 0.15) is 0 Å². The SMILES string of the molecule is CP(C)c1ccccc1C(=O)O.[Y]. The Morgan fingerprint density at radius 1 is 1.31 bits per heavy atom. The minimum atomic E-state index is -0.832. The van der Waals surface area contributed by atoms with Gasteiger partial charge in [-0.05, 0) is 24.7 Å². The Kier molecular flexibility index (Phi) is 5.95. The molecule has 0 aliphatic carbocycles. The molecule has 1 aromatic rings. The van der Waals surface area contributed by atoms with Crippen molar-refractivity contribution in [1.82, 2.24) is 0 Å². The first-order chi connectivity index (χ1) is 5.63. The van der Waals surface area contributed by atoms with Crippen LogP contribution in [-0.2, 0) is 32.7 Å². The fraction of sp³-hybridized carbons (Fsp3) is 0.222. The third-order valence-corrected chi connectivity index (χ3v) is 2.97. The van der Waals surface area contributed by atoms with Crippen molar-refractivity contribution >= 4 is 19.2 Å². The molecule has 0 fully saturated rings. The molecule has 1 rings (SSSR count). The molecule has 4 heteroatoms. The fourth-order valence-electron chi connectivity index (χ4n) is 1.04. The molecule has 1 radical (unpaired) electrons. The topological polar surface area (TPSA) is 37.3 Å². The normalized spacial score (nSPS) is 9.46. The number of hydrogen-bond acceptors (Lipinski definition) is 1. The van der Waals surface area contributed by atoms with Gasteiger partial charge in [0.25, 0.3) is 0 Å². The Hall–Kier alpha value is 0.224. The van der Waals surface area contributed by atoms with Gasteiger partial charge in [-0.1, -0.05) is 26.1 Å². The predicted octanol–water partition coefficient (Wildman–Crippen LogP) is 1.75. The molecule has 0 heterocycles. The molecule has 0 atom stereocenters. The Bertz CT molecular complexity index is 299. The second kappa shape index (κ2) is 5.85. The first kappa shape index (κ1) is 13.2. The first-order valence-corrected chi connectivity index (χ1v) is 5.86. The van der Waals surface area contributed by atoms with Crippen molar-refractivity contribution in [3.63, 3.8) is 0 Å². The maximum Gasteiger partial charge on any atom is 0.336 e. The quantitative estimate of drug-likeness (QED) is 0.832. The van der Waals surface area contributed by atoms with Gasteiger partial charge in [0.2, 0.25) is 0 Å². The molecule has 1 aromatic carbocycles. The molecule has 0 unspecified atom stereocenters. The summed E-state index contributed by atoms with van der Waals surface area (Å²) in [7, 11) is -0.330. The minimum Gasteiger partial charge on any atom is -0.478 e. The van der Waals surface area contributed by atoms with Crippen LogP contribution in [0, 0.1) is 0 Å². The van der Waals surface area contributed by atoms with Crippen LogP contribution >= 0.6 is 7.92 Å². The van der Waals surface area contributed by atoms with E-state index in [4.69, 9.17) is 5.11 Å². The molecule has 0 saturated heterocycles. The van der Waals surface area contributed by atoms with Crippen molar-refractivity contribution < 1.29 is 42.6 Å². The molecular weight excluding hydrogens is 260 g/mol. The number of hydrogen-bond donors (Lipinski definition) is 1. The van der Waals surface area contributed by atoms with Gasteiger partial charge < -0.3 is 5.11 Å². The van der Waals surface area contributed by atoms with E-state index in [1.165, 1.54) is 0 Å². The third-order valence-electron chi connectivity index (χ3n) is 1.62. The molecule has 1 N–H and O–H groups in total. The largest absolute Gasteiger partial charge is 0.478 e. The summed E-state index contributed by atoms with van der Waals surface area (Å²) in [6.07, 6.45) is 0. The van der Waals surface area contributed by atoms with Crippen LogP contribution in [0.25, 0.3) is 0 Å². The van der Waals surface area contributed by atoms with E-state index in [-0.39, 0.29) is 40.6 Å². The van der Waals surface area contributed by atoms with Gasteiger partial charge in [-0.3, -0.25) is 0 Å². The van der Waals surface area contributed by atoms with E-state index in [0.29, 0.717) is 5.56 Å². The minimum absolute atomic E-state index is 0. The molecule has 67 valence electrons. The summed E-state index contributed by atoms with van der Waals surface area (Å²) in [5.74, 6) is -0.832. The Labute approximate surface area is 104 Å². The summed E-state index contributed by atoms with van der Waals surface area (Å²) in [6.45, 7) is 4.11. The third kappa shape index (κ3) is 3.46. The molecule has 0 saturated carbocycles. The van der Waals surface area contributed by atoms with Crippen molar-refractivity contribution in [3.05, 3.63) is 29.8 Å². The molecule has 13 heavy (non-hydrogen) atoms. The van der Waals surface area contributed by atoms with Gasteiger partial charge >= 0.3 is 5.97 Å². The first-order valence-electron chi connectivity index (χ1n) is 3.62. The van der Waals surface area contributed by atoms with Crippen LogP contribution in [0.4, 0.5) is 0 Å². The van der Waals surface area contributed by atoms with Gasteiger partial charge in [0, 0.05) is 32.7 Å². The standard InChI is InChI=1S/C9H11O2P.Y/c1-12(2)8-6-4-3-5-7(8)9(10)11;/h3-6H,1-2H3,(H,10,11);.